The molecule has 2 N–H and O–H groups in total. The standard InChI is InChI=1S/C8H9NS2/c9-7(10)8(2-3-8)6-1-4-11-5-6/h1,4-5H,2-3H2,(H2,9,10). The Morgan fingerprint density at radius 1 is 1.64 bits per heavy atom. The van der Waals surface area contributed by atoms with Crippen molar-refractivity contribution >= 4 is 28.5 Å². The highest BCUT2D eigenvalue weighted by molar-refractivity contribution is 7.80. The Morgan fingerprint density at radius 2 is 2.36 bits per heavy atom. The van der Waals surface area contributed by atoms with Crippen molar-refractivity contribution < 1.29 is 0 Å². The normalized spacial score (nSPS) is 19.6. The smallest absolute Gasteiger partial charge is 0.0834 e. The predicted molar refractivity (Wildman–Crippen MR) is 52.0 cm³/mol. The molecule has 1 nitrogen and oxygen atoms in total. The zero-order valence-electron chi connectivity index (χ0n) is 6.04. The zero-order chi connectivity index (χ0) is 7.90. The molecule has 0 aromatic carbocycles. The van der Waals surface area contributed by atoms with Crippen molar-refractivity contribution in [3.8, 4) is 0 Å². The summed E-state index contributed by atoms with van der Waals surface area (Å²) >= 11 is 6.73. The average molecular weight is 183 g/mol. The Bertz CT molecular complexity index is 272. The molecular formula is C8H9NS2. The van der Waals surface area contributed by atoms with E-state index in [4.69, 9.17) is 18.0 Å². The maximum absolute atomic E-state index is 5.66. The molecule has 0 spiro atoms. The molecule has 0 bridgehead atoms. The van der Waals surface area contributed by atoms with Gasteiger partial charge >= 0.3 is 0 Å². The molecule has 3 heteroatoms. The molecule has 1 saturated carbocycles. The summed E-state index contributed by atoms with van der Waals surface area (Å²) in [7, 11) is 0. The van der Waals surface area contributed by atoms with Crippen molar-refractivity contribution in [1.82, 2.24) is 0 Å². The third-order valence-corrected chi connectivity index (χ3v) is 3.37. The predicted octanol–water partition coefficient (Wildman–Crippen LogP) is 2.07. The molecular weight excluding hydrogens is 174 g/mol. The minimum atomic E-state index is 0.0926. The van der Waals surface area contributed by atoms with E-state index < -0.39 is 0 Å². The zero-order valence-corrected chi connectivity index (χ0v) is 7.67. The van der Waals surface area contributed by atoms with Gasteiger partial charge in [0.25, 0.3) is 0 Å². The lowest BCUT2D eigenvalue weighted by Gasteiger charge is -2.09. The van der Waals surface area contributed by atoms with E-state index in [1.807, 2.05) is 0 Å². The summed E-state index contributed by atoms with van der Waals surface area (Å²) in [6.45, 7) is 0. The number of hydrogen-bond donors (Lipinski definition) is 1. The first-order valence-electron chi connectivity index (χ1n) is 3.58. The number of thiophene rings is 1. The van der Waals surface area contributed by atoms with Gasteiger partial charge in [0.1, 0.15) is 0 Å². The monoisotopic (exact) mass is 183 g/mol. The molecule has 1 aromatic heterocycles. The lowest BCUT2D eigenvalue weighted by Crippen LogP contribution is -2.25. The maximum Gasteiger partial charge on any atom is 0.0834 e. The molecule has 1 aromatic rings. The Kier molecular flexibility index (Phi) is 1.51. The average Bonchev–Trinajstić information content (AvgIpc) is 2.61. The van der Waals surface area contributed by atoms with Crippen molar-refractivity contribution in [2.24, 2.45) is 5.73 Å². The second-order valence-electron chi connectivity index (χ2n) is 2.96. The quantitative estimate of drug-likeness (QED) is 0.710. The molecule has 0 saturated heterocycles. The van der Waals surface area contributed by atoms with Gasteiger partial charge in [-0.05, 0) is 35.2 Å². The summed E-state index contributed by atoms with van der Waals surface area (Å²) in [5, 5.41) is 4.22. The molecule has 0 unspecified atom stereocenters. The Labute approximate surface area is 75.2 Å². The molecule has 1 aliphatic carbocycles. The minimum Gasteiger partial charge on any atom is -0.393 e. The van der Waals surface area contributed by atoms with E-state index in [2.05, 4.69) is 16.8 Å². The molecule has 0 amide bonds. The largest absolute Gasteiger partial charge is 0.393 e. The van der Waals surface area contributed by atoms with E-state index in [1.54, 1.807) is 11.3 Å². The lowest BCUT2D eigenvalue weighted by atomic mass is 10.00. The van der Waals surface area contributed by atoms with E-state index in [-0.39, 0.29) is 5.41 Å². The van der Waals surface area contributed by atoms with Gasteiger partial charge in [-0.3, -0.25) is 0 Å². The lowest BCUT2D eigenvalue weighted by molar-refractivity contribution is 0.963. The first-order chi connectivity index (χ1) is 5.26. The molecule has 58 valence electrons. The summed E-state index contributed by atoms with van der Waals surface area (Å²) in [5.74, 6) is 0. The van der Waals surface area contributed by atoms with E-state index in [9.17, 15) is 0 Å². The van der Waals surface area contributed by atoms with Crippen LogP contribution in [-0.4, -0.2) is 4.99 Å². The van der Waals surface area contributed by atoms with Crippen molar-refractivity contribution in [3.63, 3.8) is 0 Å². The SMILES string of the molecule is NC(=S)C1(c2ccsc2)CC1. The van der Waals surface area contributed by atoms with Crippen molar-refractivity contribution in [2.45, 2.75) is 18.3 Å². The fraction of sp³-hybridized carbons (Fsp3) is 0.375. The summed E-state index contributed by atoms with van der Waals surface area (Å²) in [5.41, 5.74) is 7.07. The molecule has 1 aliphatic rings. The topological polar surface area (TPSA) is 26.0 Å². The highest BCUT2D eigenvalue weighted by Gasteiger charge is 2.47. The highest BCUT2D eigenvalue weighted by atomic mass is 32.1. The van der Waals surface area contributed by atoms with Gasteiger partial charge in [0.2, 0.25) is 0 Å². The summed E-state index contributed by atoms with van der Waals surface area (Å²) in [6.07, 6.45) is 2.28. The first kappa shape index (κ1) is 7.25. The number of nitrogens with two attached hydrogens (primary N) is 1. The fourth-order valence-electron chi connectivity index (χ4n) is 1.34. The molecule has 0 atom stereocenters. The van der Waals surface area contributed by atoms with E-state index in [0.29, 0.717) is 4.99 Å². The number of rotatable bonds is 2. The van der Waals surface area contributed by atoms with Gasteiger partial charge in [0.05, 0.1) is 4.99 Å². The Morgan fingerprint density at radius 3 is 2.73 bits per heavy atom. The van der Waals surface area contributed by atoms with Gasteiger partial charge in [-0.25, -0.2) is 0 Å². The van der Waals surface area contributed by atoms with Gasteiger partial charge in [-0.15, -0.1) is 0 Å². The summed E-state index contributed by atoms with van der Waals surface area (Å²) in [4.78, 5) is 0.663. The van der Waals surface area contributed by atoms with Crippen LogP contribution in [0.25, 0.3) is 0 Å². The van der Waals surface area contributed by atoms with Crippen LogP contribution >= 0.6 is 23.6 Å². The van der Waals surface area contributed by atoms with Crippen LogP contribution in [0.3, 0.4) is 0 Å². The van der Waals surface area contributed by atoms with Gasteiger partial charge in [-0.2, -0.15) is 11.3 Å². The van der Waals surface area contributed by atoms with Crippen molar-refractivity contribution in [3.05, 3.63) is 22.4 Å². The van der Waals surface area contributed by atoms with E-state index in [0.717, 1.165) is 12.8 Å². The minimum absolute atomic E-state index is 0.0926. The fourth-order valence-corrected chi connectivity index (χ4v) is 2.42. The van der Waals surface area contributed by atoms with Crippen LogP contribution in [0.5, 0.6) is 0 Å². The van der Waals surface area contributed by atoms with Gasteiger partial charge in [0, 0.05) is 5.41 Å². The molecule has 1 heterocycles. The second kappa shape index (κ2) is 2.29. The van der Waals surface area contributed by atoms with Crippen LogP contribution in [0.2, 0.25) is 0 Å². The third kappa shape index (κ3) is 0.993. The van der Waals surface area contributed by atoms with Gasteiger partial charge in [-0.1, -0.05) is 12.2 Å². The molecule has 2 rings (SSSR count). The Balaban J connectivity index is 2.36. The molecule has 1 fully saturated rings. The van der Waals surface area contributed by atoms with Crippen molar-refractivity contribution in [1.29, 1.82) is 0 Å². The highest BCUT2D eigenvalue weighted by Crippen LogP contribution is 2.48. The number of thiocarbonyl (C=S) groups is 1. The van der Waals surface area contributed by atoms with Crippen LogP contribution in [0.4, 0.5) is 0 Å². The van der Waals surface area contributed by atoms with Crippen LogP contribution in [0.1, 0.15) is 18.4 Å². The maximum atomic E-state index is 5.66. The van der Waals surface area contributed by atoms with Crippen LogP contribution < -0.4 is 5.73 Å². The van der Waals surface area contributed by atoms with Crippen LogP contribution in [0, 0.1) is 0 Å². The molecule has 0 aliphatic heterocycles. The Hall–Kier alpha value is -0.410. The van der Waals surface area contributed by atoms with Crippen LogP contribution in [0.15, 0.2) is 16.8 Å². The summed E-state index contributed by atoms with van der Waals surface area (Å²) in [6, 6.07) is 2.12. The van der Waals surface area contributed by atoms with Gasteiger partial charge in [0.15, 0.2) is 0 Å². The number of hydrogen-bond acceptors (Lipinski definition) is 2. The van der Waals surface area contributed by atoms with Crippen LogP contribution in [-0.2, 0) is 5.41 Å². The summed E-state index contributed by atoms with van der Waals surface area (Å²) < 4.78 is 0. The van der Waals surface area contributed by atoms with E-state index >= 15 is 0 Å². The molecule has 11 heavy (non-hydrogen) atoms. The first-order valence-corrected chi connectivity index (χ1v) is 4.93. The van der Waals surface area contributed by atoms with Crippen molar-refractivity contribution in [2.75, 3.05) is 0 Å². The van der Waals surface area contributed by atoms with E-state index in [1.165, 1.54) is 5.56 Å². The van der Waals surface area contributed by atoms with Gasteiger partial charge < -0.3 is 5.73 Å². The molecule has 0 radical (unpaired) electrons. The second-order valence-corrected chi connectivity index (χ2v) is 4.18. The third-order valence-electron chi connectivity index (χ3n) is 2.30.